The van der Waals surface area contributed by atoms with Gasteiger partial charge in [-0.2, -0.15) is 0 Å². The van der Waals surface area contributed by atoms with Crippen molar-refractivity contribution >= 4 is 11.8 Å². The Labute approximate surface area is 103 Å². The third-order valence-corrected chi connectivity index (χ3v) is 3.17. The minimum Gasteiger partial charge on any atom is -0.355 e. The summed E-state index contributed by atoms with van der Waals surface area (Å²) >= 11 is 0. The number of piperidine rings is 1. The van der Waals surface area contributed by atoms with Gasteiger partial charge in [-0.15, -0.1) is 0 Å². The Hall–Kier alpha value is -1.10. The van der Waals surface area contributed by atoms with Gasteiger partial charge < -0.3 is 15.1 Å². The molecule has 0 aromatic carbocycles. The van der Waals surface area contributed by atoms with Crippen LogP contribution in [0, 0.1) is 5.92 Å². The molecule has 1 fully saturated rings. The van der Waals surface area contributed by atoms with Crippen LogP contribution in [0.2, 0.25) is 0 Å². The molecule has 0 aromatic heterocycles. The largest absolute Gasteiger partial charge is 0.355 e. The van der Waals surface area contributed by atoms with Crippen molar-refractivity contribution in [3.05, 3.63) is 0 Å². The summed E-state index contributed by atoms with van der Waals surface area (Å²) in [4.78, 5) is 26.8. The first-order valence-corrected chi connectivity index (χ1v) is 6.18. The van der Waals surface area contributed by atoms with Gasteiger partial charge in [0.2, 0.25) is 11.8 Å². The quantitative estimate of drug-likeness (QED) is 0.749. The molecular formula is C12H23N3O2. The van der Waals surface area contributed by atoms with E-state index in [1.165, 1.54) is 0 Å². The van der Waals surface area contributed by atoms with E-state index >= 15 is 0 Å². The summed E-state index contributed by atoms with van der Waals surface area (Å²) in [5, 5.41) is 2.94. The van der Waals surface area contributed by atoms with E-state index in [0.29, 0.717) is 19.6 Å². The van der Waals surface area contributed by atoms with Gasteiger partial charge in [-0.1, -0.05) is 0 Å². The topological polar surface area (TPSA) is 52.7 Å². The molecule has 1 aliphatic rings. The Balaban J connectivity index is 2.24. The average molecular weight is 241 g/mol. The highest BCUT2D eigenvalue weighted by Gasteiger charge is 2.25. The summed E-state index contributed by atoms with van der Waals surface area (Å²) in [6, 6.07) is 0. The van der Waals surface area contributed by atoms with Crippen LogP contribution >= 0.6 is 0 Å². The van der Waals surface area contributed by atoms with Crippen LogP contribution in [0.3, 0.4) is 0 Å². The van der Waals surface area contributed by atoms with E-state index < -0.39 is 0 Å². The van der Waals surface area contributed by atoms with Gasteiger partial charge in [-0.05, 0) is 26.9 Å². The first-order chi connectivity index (χ1) is 8.00. The standard InChI is InChI=1S/C12H23N3O2/c1-10(16)15-7-4-11(5-8-15)12(17)13-6-9-14(2)3/h11H,4-9H2,1-3H3,(H,13,17). The lowest BCUT2D eigenvalue weighted by Gasteiger charge is -2.30. The molecule has 1 rings (SSSR count). The number of carbonyl (C=O) groups excluding carboxylic acids is 2. The Bertz CT molecular complexity index is 271. The van der Waals surface area contributed by atoms with Crippen LogP contribution in [0.4, 0.5) is 0 Å². The summed E-state index contributed by atoms with van der Waals surface area (Å²) in [6.45, 7) is 4.55. The lowest BCUT2D eigenvalue weighted by atomic mass is 9.96. The van der Waals surface area contributed by atoms with E-state index in [1.807, 2.05) is 23.9 Å². The van der Waals surface area contributed by atoms with E-state index in [4.69, 9.17) is 0 Å². The number of amides is 2. The van der Waals surface area contributed by atoms with E-state index in [0.717, 1.165) is 19.4 Å². The monoisotopic (exact) mass is 241 g/mol. The highest BCUT2D eigenvalue weighted by Crippen LogP contribution is 2.17. The van der Waals surface area contributed by atoms with Gasteiger partial charge in [-0.3, -0.25) is 9.59 Å². The zero-order valence-electron chi connectivity index (χ0n) is 11.0. The third kappa shape index (κ3) is 4.73. The molecule has 0 saturated carbocycles. The van der Waals surface area contributed by atoms with Crippen LogP contribution < -0.4 is 5.32 Å². The molecule has 98 valence electrons. The molecule has 5 nitrogen and oxygen atoms in total. The smallest absolute Gasteiger partial charge is 0.223 e. The van der Waals surface area contributed by atoms with Gasteiger partial charge >= 0.3 is 0 Å². The molecule has 2 amide bonds. The van der Waals surface area contributed by atoms with E-state index in [2.05, 4.69) is 5.32 Å². The Kier molecular flexibility index (Phi) is 5.41. The number of likely N-dealkylation sites (tertiary alicyclic amines) is 1. The fourth-order valence-corrected chi connectivity index (χ4v) is 2.00. The molecule has 17 heavy (non-hydrogen) atoms. The molecule has 0 spiro atoms. The van der Waals surface area contributed by atoms with Gasteiger partial charge in [-0.25, -0.2) is 0 Å². The van der Waals surface area contributed by atoms with Gasteiger partial charge in [0, 0.05) is 39.0 Å². The fraction of sp³-hybridized carbons (Fsp3) is 0.833. The normalized spacial score (nSPS) is 17.3. The van der Waals surface area contributed by atoms with Crippen molar-refractivity contribution < 1.29 is 9.59 Å². The number of likely N-dealkylation sites (N-methyl/N-ethyl adjacent to an activating group) is 1. The SMILES string of the molecule is CC(=O)N1CCC(C(=O)NCCN(C)C)CC1. The van der Waals surface area contributed by atoms with E-state index in [9.17, 15) is 9.59 Å². The van der Waals surface area contributed by atoms with E-state index in [-0.39, 0.29) is 17.7 Å². The fourth-order valence-electron chi connectivity index (χ4n) is 2.00. The zero-order valence-corrected chi connectivity index (χ0v) is 11.0. The molecule has 1 aliphatic heterocycles. The summed E-state index contributed by atoms with van der Waals surface area (Å²) in [5.74, 6) is 0.319. The van der Waals surface area contributed by atoms with Gasteiger partial charge in [0.1, 0.15) is 0 Å². The lowest BCUT2D eigenvalue weighted by Crippen LogP contribution is -2.43. The van der Waals surface area contributed by atoms with Gasteiger partial charge in [0.15, 0.2) is 0 Å². The highest BCUT2D eigenvalue weighted by atomic mass is 16.2. The summed E-state index contributed by atoms with van der Waals surface area (Å²) in [5.41, 5.74) is 0. The summed E-state index contributed by atoms with van der Waals surface area (Å²) < 4.78 is 0. The van der Waals surface area contributed by atoms with Crippen LogP contribution in [0.25, 0.3) is 0 Å². The number of rotatable bonds is 4. The maximum atomic E-state index is 11.8. The minimum absolute atomic E-state index is 0.0766. The van der Waals surface area contributed by atoms with E-state index in [1.54, 1.807) is 6.92 Å². The van der Waals surface area contributed by atoms with Crippen molar-refractivity contribution in [1.82, 2.24) is 15.1 Å². The maximum Gasteiger partial charge on any atom is 0.223 e. The average Bonchev–Trinajstić information content (AvgIpc) is 2.28. The molecule has 0 unspecified atom stereocenters. The number of hydrogen-bond donors (Lipinski definition) is 1. The van der Waals surface area contributed by atoms with Crippen LogP contribution in [-0.2, 0) is 9.59 Å². The summed E-state index contributed by atoms with van der Waals surface area (Å²) in [7, 11) is 3.97. The van der Waals surface area contributed by atoms with Crippen LogP contribution in [0.5, 0.6) is 0 Å². The molecule has 1 saturated heterocycles. The third-order valence-electron chi connectivity index (χ3n) is 3.17. The predicted octanol–water partition coefficient (Wildman–Crippen LogP) is -0.0773. The summed E-state index contributed by atoms with van der Waals surface area (Å²) in [6.07, 6.45) is 1.57. The first-order valence-electron chi connectivity index (χ1n) is 6.18. The van der Waals surface area contributed by atoms with Gasteiger partial charge in [0.25, 0.3) is 0 Å². The highest BCUT2D eigenvalue weighted by molar-refractivity contribution is 5.79. The van der Waals surface area contributed by atoms with Crippen molar-refractivity contribution in [2.45, 2.75) is 19.8 Å². The van der Waals surface area contributed by atoms with Crippen molar-refractivity contribution in [2.75, 3.05) is 40.3 Å². The second kappa shape index (κ2) is 6.59. The molecule has 5 heteroatoms. The number of carbonyl (C=O) groups is 2. The molecule has 0 radical (unpaired) electrons. The first kappa shape index (κ1) is 14.0. The Morgan fingerprint density at radius 3 is 2.35 bits per heavy atom. The maximum absolute atomic E-state index is 11.8. The zero-order chi connectivity index (χ0) is 12.8. The van der Waals surface area contributed by atoms with Gasteiger partial charge in [0.05, 0.1) is 0 Å². The van der Waals surface area contributed by atoms with Crippen LogP contribution in [0.1, 0.15) is 19.8 Å². The molecule has 0 bridgehead atoms. The van der Waals surface area contributed by atoms with Crippen LogP contribution in [-0.4, -0.2) is 61.9 Å². The number of nitrogens with zero attached hydrogens (tertiary/aromatic N) is 2. The number of hydrogen-bond acceptors (Lipinski definition) is 3. The Morgan fingerprint density at radius 1 is 1.29 bits per heavy atom. The predicted molar refractivity (Wildman–Crippen MR) is 66.5 cm³/mol. The van der Waals surface area contributed by atoms with Crippen molar-refractivity contribution in [3.8, 4) is 0 Å². The second-order valence-electron chi connectivity index (χ2n) is 4.87. The minimum atomic E-state index is 0.0766. The molecule has 1 heterocycles. The molecule has 0 aromatic rings. The van der Waals surface area contributed by atoms with Crippen molar-refractivity contribution in [2.24, 2.45) is 5.92 Å². The Morgan fingerprint density at radius 2 is 1.88 bits per heavy atom. The molecular weight excluding hydrogens is 218 g/mol. The lowest BCUT2D eigenvalue weighted by molar-refractivity contribution is -0.133. The number of nitrogens with one attached hydrogen (secondary N) is 1. The molecule has 0 aliphatic carbocycles. The molecule has 1 N–H and O–H groups in total. The second-order valence-corrected chi connectivity index (χ2v) is 4.87. The van der Waals surface area contributed by atoms with Crippen molar-refractivity contribution in [1.29, 1.82) is 0 Å². The van der Waals surface area contributed by atoms with Crippen LogP contribution in [0.15, 0.2) is 0 Å². The van der Waals surface area contributed by atoms with Crippen molar-refractivity contribution in [3.63, 3.8) is 0 Å². The molecule has 0 atom stereocenters.